The number of amides is 2. The second-order valence-corrected chi connectivity index (χ2v) is 8.10. The number of fused-ring (bicyclic) bond motifs is 1. The molecule has 0 radical (unpaired) electrons. The molecule has 1 aliphatic rings. The maximum absolute atomic E-state index is 13.1. The smallest absolute Gasteiger partial charge is 0.411 e. The first-order valence-corrected chi connectivity index (χ1v) is 10.6. The highest BCUT2D eigenvalue weighted by atomic mass is 32.1. The number of ether oxygens (including phenoxy) is 1. The quantitative estimate of drug-likeness (QED) is 0.666. The van der Waals surface area contributed by atoms with Crippen molar-refractivity contribution in [3.63, 3.8) is 0 Å². The first kappa shape index (κ1) is 19.4. The molecular formula is C22H23N3O3S. The summed E-state index contributed by atoms with van der Waals surface area (Å²) in [4.78, 5) is 31.4. The van der Waals surface area contributed by atoms with Crippen LogP contribution in [0.4, 0.5) is 10.5 Å². The maximum Gasteiger partial charge on any atom is 0.411 e. The van der Waals surface area contributed by atoms with Crippen LogP contribution in [0, 0.1) is 0 Å². The standard InChI is InChI=1S/C22H23N3O3S/c1-2-28-22(27)23-17-9-5-7-15(13-17)21(26)25-12-6-8-16(14-25)20-24-18-10-3-4-11-19(18)29-20/h3-5,7,9-11,13,16H,2,6,8,12,14H2,1H3,(H,23,27)/t16-/m1/s1. The average Bonchev–Trinajstić information content (AvgIpc) is 3.18. The number of hydrogen-bond donors (Lipinski definition) is 1. The number of hydrogen-bond acceptors (Lipinski definition) is 5. The van der Waals surface area contributed by atoms with Gasteiger partial charge in [-0.3, -0.25) is 10.1 Å². The van der Waals surface area contributed by atoms with E-state index >= 15 is 0 Å². The van der Waals surface area contributed by atoms with Gasteiger partial charge < -0.3 is 9.64 Å². The first-order valence-electron chi connectivity index (χ1n) is 9.82. The van der Waals surface area contributed by atoms with Crippen molar-refractivity contribution in [3.8, 4) is 0 Å². The Hall–Kier alpha value is -2.93. The Kier molecular flexibility index (Phi) is 5.76. The van der Waals surface area contributed by atoms with Gasteiger partial charge in [-0.05, 0) is 50.1 Å². The highest BCUT2D eigenvalue weighted by molar-refractivity contribution is 7.18. The Morgan fingerprint density at radius 1 is 1.24 bits per heavy atom. The molecule has 7 heteroatoms. The van der Waals surface area contributed by atoms with Crippen LogP contribution in [0.2, 0.25) is 0 Å². The summed E-state index contributed by atoms with van der Waals surface area (Å²) in [6.07, 6.45) is 1.47. The second-order valence-electron chi connectivity index (χ2n) is 7.04. The van der Waals surface area contributed by atoms with Gasteiger partial charge in [-0.15, -0.1) is 11.3 Å². The van der Waals surface area contributed by atoms with Gasteiger partial charge in [0.15, 0.2) is 0 Å². The second kappa shape index (κ2) is 8.61. The van der Waals surface area contributed by atoms with Gasteiger partial charge in [0.05, 0.1) is 21.8 Å². The fourth-order valence-corrected chi connectivity index (χ4v) is 4.72. The lowest BCUT2D eigenvalue weighted by Gasteiger charge is -2.32. The fraction of sp³-hybridized carbons (Fsp3) is 0.318. The molecule has 1 fully saturated rings. The van der Waals surface area contributed by atoms with Gasteiger partial charge in [0.25, 0.3) is 5.91 Å². The number of carbonyl (C=O) groups excluding carboxylic acids is 2. The zero-order chi connectivity index (χ0) is 20.2. The largest absolute Gasteiger partial charge is 0.450 e. The first-order chi connectivity index (χ1) is 14.1. The van der Waals surface area contributed by atoms with Crippen molar-refractivity contribution in [2.45, 2.75) is 25.7 Å². The molecule has 150 valence electrons. The topological polar surface area (TPSA) is 71.5 Å². The van der Waals surface area contributed by atoms with Crippen LogP contribution < -0.4 is 5.32 Å². The molecular weight excluding hydrogens is 386 g/mol. The molecule has 0 spiro atoms. The molecule has 3 aromatic rings. The molecule has 1 N–H and O–H groups in total. The summed E-state index contributed by atoms with van der Waals surface area (Å²) in [6.45, 7) is 3.44. The highest BCUT2D eigenvalue weighted by Gasteiger charge is 2.27. The van der Waals surface area contributed by atoms with Crippen LogP contribution >= 0.6 is 11.3 Å². The molecule has 2 heterocycles. The summed E-state index contributed by atoms with van der Waals surface area (Å²) in [6, 6.07) is 15.1. The number of benzene rings is 2. The molecule has 2 aromatic carbocycles. The van der Waals surface area contributed by atoms with Crippen LogP contribution in [0.25, 0.3) is 10.2 Å². The minimum atomic E-state index is -0.522. The molecule has 1 atom stereocenters. The van der Waals surface area contributed by atoms with Crippen molar-refractivity contribution in [3.05, 3.63) is 59.1 Å². The number of thiazole rings is 1. The Balaban J connectivity index is 1.48. The normalized spacial score (nSPS) is 16.6. The zero-order valence-electron chi connectivity index (χ0n) is 16.3. The Morgan fingerprint density at radius 2 is 2.10 bits per heavy atom. The number of likely N-dealkylation sites (tertiary alicyclic amines) is 1. The van der Waals surface area contributed by atoms with E-state index in [1.165, 1.54) is 4.70 Å². The predicted octanol–water partition coefficient (Wildman–Crippen LogP) is 4.88. The van der Waals surface area contributed by atoms with Crippen molar-refractivity contribution >= 4 is 39.2 Å². The summed E-state index contributed by atoms with van der Waals surface area (Å²) in [5.41, 5.74) is 2.13. The lowest BCUT2D eigenvalue weighted by Crippen LogP contribution is -2.39. The Labute approximate surface area is 173 Å². The summed E-state index contributed by atoms with van der Waals surface area (Å²) >= 11 is 1.72. The van der Waals surface area contributed by atoms with Gasteiger partial charge in [-0.1, -0.05) is 18.2 Å². The molecule has 2 amide bonds. The number of nitrogens with one attached hydrogen (secondary N) is 1. The van der Waals surface area contributed by atoms with Crippen molar-refractivity contribution in [2.24, 2.45) is 0 Å². The molecule has 0 unspecified atom stereocenters. The van der Waals surface area contributed by atoms with Gasteiger partial charge in [0, 0.05) is 30.3 Å². The molecule has 6 nitrogen and oxygen atoms in total. The van der Waals surface area contributed by atoms with Crippen LogP contribution in [-0.4, -0.2) is 41.6 Å². The van der Waals surface area contributed by atoms with Crippen molar-refractivity contribution in [1.29, 1.82) is 0 Å². The van der Waals surface area contributed by atoms with E-state index in [0.717, 1.165) is 29.9 Å². The van der Waals surface area contributed by atoms with Crippen molar-refractivity contribution < 1.29 is 14.3 Å². The molecule has 0 saturated carbocycles. The number of aromatic nitrogens is 1. The maximum atomic E-state index is 13.1. The third kappa shape index (κ3) is 4.40. The zero-order valence-corrected chi connectivity index (χ0v) is 17.1. The SMILES string of the molecule is CCOC(=O)Nc1cccc(C(=O)N2CCC[C@@H](c3nc4ccccc4s3)C2)c1. The van der Waals surface area contributed by atoms with Crippen molar-refractivity contribution in [1.82, 2.24) is 9.88 Å². The predicted molar refractivity (Wildman–Crippen MR) is 115 cm³/mol. The van der Waals surface area contributed by atoms with Crippen LogP contribution in [0.5, 0.6) is 0 Å². The van der Waals surface area contributed by atoms with Crippen molar-refractivity contribution in [2.75, 3.05) is 25.0 Å². The van der Waals surface area contributed by atoms with Gasteiger partial charge >= 0.3 is 6.09 Å². The van der Waals surface area contributed by atoms with E-state index in [4.69, 9.17) is 9.72 Å². The summed E-state index contributed by atoms with van der Waals surface area (Å²) in [7, 11) is 0. The van der Waals surface area contributed by atoms with E-state index in [1.807, 2.05) is 23.1 Å². The summed E-state index contributed by atoms with van der Waals surface area (Å²) in [5.74, 6) is 0.231. The third-order valence-corrected chi connectivity index (χ3v) is 6.20. The van der Waals surface area contributed by atoms with E-state index in [9.17, 15) is 9.59 Å². The molecule has 1 aliphatic heterocycles. The van der Waals surface area contributed by atoms with E-state index < -0.39 is 6.09 Å². The van der Waals surface area contributed by atoms with Crippen LogP contribution in [0.1, 0.15) is 41.0 Å². The minimum absolute atomic E-state index is 0.0247. The molecule has 0 bridgehead atoms. The van der Waals surface area contributed by atoms with E-state index in [2.05, 4.69) is 11.4 Å². The lowest BCUT2D eigenvalue weighted by molar-refractivity contribution is 0.0707. The molecule has 1 aromatic heterocycles. The average molecular weight is 410 g/mol. The van der Waals surface area contributed by atoms with E-state index in [-0.39, 0.29) is 11.8 Å². The number of para-hydroxylation sites is 1. The Bertz CT molecular complexity index is 1000. The minimum Gasteiger partial charge on any atom is -0.450 e. The van der Waals surface area contributed by atoms with Gasteiger partial charge in [0.1, 0.15) is 0 Å². The number of anilines is 1. The van der Waals surface area contributed by atoms with Gasteiger partial charge in [0.2, 0.25) is 0 Å². The lowest BCUT2D eigenvalue weighted by atomic mass is 9.98. The Morgan fingerprint density at radius 3 is 2.93 bits per heavy atom. The third-order valence-electron chi connectivity index (χ3n) is 5.00. The molecule has 1 saturated heterocycles. The fourth-order valence-electron chi connectivity index (χ4n) is 3.63. The van der Waals surface area contributed by atoms with Crippen LogP contribution in [0.3, 0.4) is 0 Å². The van der Waals surface area contributed by atoms with Crippen LogP contribution in [0.15, 0.2) is 48.5 Å². The summed E-state index contributed by atoms with van der Waals surface area (Å²) < 4.78 is 6.08. The number of nitrogens with zero attached hydrogens (tertiary/aromatic N) is 2. The van der Waals surface area contributed by atoms with Gasteiger partial charge in [-0.2, -0.15) is 0 Å². The molecule has 4 rings (SSSR count). The summed E-state index contributed by atoms with van der Waals surface area (Å²) in [5, 5.41) is 3.75. The highest BCUT2D eigenvalue weighted by Crippen LogP contribution is 2.33. The number of piperidine rings is 1. The molecule has 0 aliphatic carbocycles. The number of carbonyl (C=O) groups is 2. The monoisotopic (exact) mass is 409 g/mol. The van der Waals surface area contributed by atoms with Gasteiger partial charge in [-0.25, -0.2) is 9.78 Å². The van der Waals surface area contributed by atoms with E-state index in [0.29, 0.717) is 24.4 Å². The number of rotatable bonds is 4. The van der Waals surface area contributed by atoms with Crippen LogP contribution in [-0.2, 0) is 4.74 Å². The van der Waals surface area contributed by atoms with E-state index in [1.54, 1.807) is 42.5 Å². The molecule has 29 heavy (non-hydrogen) atoms.